The molecular formula is C26H22ClFN4O3. The van der Waals surface area contributed by atoms with Crippen LogP contribution in [-0.2, 0) is 22.7 Å². The smallest absolute Gasteiger partial charge is 0.243 e. The molecule has 0 radical (unpaired) electrons. The normalized spacial score (nSPS) is 20.4. The molecule has 2 fully saturated rings. The van der Waals surface area contributed by atoms with Crippen molar-refractivity contribution in [3.63, 3.8) is 0 Å². The number of carbonyl (C=O) groups excluding carboxylic acids is 3. The van der Waals surface area contributed by atoms with E-state index in [1.54, 1.807) is 46.0 Å². The molecule has 2 aromatic carbocycles. The quantitative estimate of drug-likeness (QED) is 0.529. The van der Waals surface area contributed by atoms with Crippen molar-refractivity contribution in [3.8, 4) is 6.07 Å². The number of halogens is 2. The average Bonchev–Trinajstić information content (AvgIpc) is 3.35. The molecule has 2 aliphatic rings. The molecule has 35 heavy (non-hydrogen) atoms. The largest absolute Gasteiger partial charge is 0.350 e. The number of nitrogens with one attached hydrogen (secondary N) is 1. The number of likely N-dealkylation sites (tertiary alicyclic amines) is 1. The van der Waals surface area contributed by atoms with E-state index < -0.39 is 11.9 Å². The molecule has 1 saturated carbocycles. The summed E-state index contributed by atoms with van der Waals surface area (Å²) >= 11 is 5.82. The molecule has 9 heteroatoms. The number of ketones is 1. The zero-order valence-corrected chi connectivity index (χ0v) is 19.7. The standard InChI is InChI=1S/C26H22ClFN4O3/c1-14(33)19-12-31(21-6-5-15(10-29)7-18(19)21)13-24(34)32-22-8-17(22)9-23(32)26(35)30-11-16-3-2-4-20(27)25(16)28/h2-7,12,17,22-23H,8-9,11,13H2,1H3,(H,30,35)/t17-,22-,23+/m1/s1. The molecule has 5 rings (SSSR count). The highest BCUT2D eigenvalue weighted by Crippen LogP contribution is 2.48. The van der Waals surface area contributed by atoms with Gasteiger partial charge >= 0.3 is 0 Å². The lowest BCUT2D eigenvalue weighted by molar-refractivity contribution is -0.140. The summed E-state index contributed by atoms with van der Waals surface area (Å²) in [5.74, 6) is -1.00. The number of piperidine rings is 1. The highest BCUT2D eigenvalue weighted by molar-refractivity contribution is 6.30. The van der Waals surface area contributed by atoms with E-state index in [1.807, 2.05) is 0 Å². The SMILES string of the molecule is CC(=O)c1cn(CC(=O)N2[C@@H]3C[C@@H]3C[C@H]2C(=O)NCc2cccc(Cl)c2F)c2ccc(C#N)cc12. The molecule has 178 valence electrons. The number of rotatable bonds is 6. The molecule has 2 heterocycles. The number of hydrogen-bond acceptors (Lipinski definition) is 4. The van der Waals surface area contributed by atoms with Gasteiger partial charge in [0.2, 0.25) is 11.8 Å². The summed E-state index contributed by atoms with van der Waals surface area (Å²) < 4.78 is 15.9. The van der Waals surface area contributed by atoms with Crippen LogP contribution in [0.1, 0.15) is 41.3 Å². The minimum absolute atomic E-state index is 0.0126. The van der Waals surface area contributed by atoms with Crippen molar-refractivity contribution in [3.05, 3.63) is 70.1 Å². The van der Waals surface area contributed by atoms with Crippen LogP contribution in [0.5, 0.6) is 0 Å². The Labute approximate surface area is 206 Å². The van der Waals surface area contributed by atoms with Crippen LogP contribution in [0.2, 0.25) is 5.02 Å². The lowest BCUT2D eigenvalue weighted by atomic mass is 10.1. The number of nitrogens with zero attached hydrogens (tertiary/aromatic N) is 3. The van der Waals surface area contributed by atoms with Gasteiger partial charge in [0.25, 0.3) is 0 Å². The van der Waals surface area contributed by atoms with Crippen molar-refractivity contribution in [1.29, 1.82) is 5.26 Å². The minimum Gasteiger partial charge on any atom is -0.350 e. The molecule has 2 amide bonds. The first-order valence-corrected chi connectivity index (χ1v) is 11.7. The molecule has 1 aromatic heterocycles. The summed E-state index contributed by atoms with van der Waals surface area (Å²) in [5, 5.41) is 12.6. The maximum Gasteiger partial charge on any atom is 0.243 e. The Morgan fingerprint density at radius 1 is 1.23 bits per heavy atom. The van der Waals surface area contributed by atoms with Crippen molar-refractivity contribution in [2.24, 2.45) is 5.92 Å². The van der Waals surface area contributed by atoms with Gasteiger partial charge in [-0.25, -0.2) is 4.39 Å². The molecular weight excluding hydrogens is 471 g/mol. The van der Waals surface area contributed by atoms with E-state index >= 15 is 0 Å². The summed E-state index contributed by atoms with van der Waals surface area (Å²) in [6, 6.07) is 11.1. The first-order valence-electron chi connectivity index (χ1n) is 11.3. The van der Waals surface area contributed by atoms with Gasteiger partial charge in [-0.05, 0) is 49.9 Å². The third-order valence-corrected chi connectivity index (χ3v) is 7.17. The van der Waals surface area contributed by atoms with Gasteiger partial charge in [-0.3, -0.25) is 14.4 Å². The predicted octanol–water partition coefficient (Wildman–Crippen LogP) is 3.81. The molecule has 0 spiro atoms. The Balaban J connectivity index is 1.35. The van der Waals surface area contributed by atoms with Gasteiger partial charge in [-0.15, -0.1) is 0 Å². The molecule has 7 nitrogen and oxygen atoms in total. The van der Waals surface area contributed by atoms with Gasteiger partial charge in [-0.1, -0.05) is 23.7 Å². The molecule has 1 aliphatic carbocycles. The van der Waals surface area contributed by atoms with E-state index in [0.29, 0.717) is 28.5 Å². The van der Waals surface area contributed by atoms with Crippen molar-refractivity contribution in [1.82, 2.24) is 14.8 Å². The zero-order chi connectivity index (χ0) is 24.9. The van der Waals surface area contributed by atoms with Crippen LogP contribution in [0.4, 0.5) is 4.39 Å². The Morgan fingerprint density at radius 2 is 2.03 bits per heavy atom. The first-order chi connectivity index (χ1) is 16.8. The molecule has 0 unspecified atom stereocenters. The highest BCUT2D eigenvalue weighted by Gasteiger charge is 2.55. The Morgan fingerprint density at radius 3 is 2.77 bits per heavy atom. The van der Waals surface area contributed by atoms with Crippen LogP contribution in [0.25, 0.3) is 10.9 Å². The van der Waals surface area contributed by atoms with E-state index in [-0.39, 0.29) is 53.2 Å². The van der Waals surface area contributed by atoms with Gasteiger partial charge in [0, 0.05) is 40.8 Å². The summed E-state index contributed by atoms with van der Waals surface area (Å²) in [5.41, 5.74) is 1.82. The Bertz CT molecular complexity index is 1430. The van der Waals surface area contributed by atoms with Crippen LogP contribution in [-0.4, -0.2) is 39.1 Å². The molecule has 3 aromatic rings. The number of fused-ring (bicyclic) bond motifs is 2. The van der Waals surface area contributed by atoms with Crippen LogP contribution < -0.4 is 5.32 Å². The zero-order valence-electron chi connectivity index (χ0n) is 18.9. The van der Waals surface area contributed by atoms with E-state index in [1.165, 1.54) is 13.0 Å². The number of Topliss-reactive ketones (excluding diaryl/α,β-unsaturated/α-hetero) is 1. The lowest BCUT2D eigenvalue weighted by Crippen LogP contribution is -2.48. The maximum absolute atomic E-state index is 14.2. The summed E-state index contributed by atoms with van der Waals surface area (Å²) in [6.07, 6.45) is 3.05. The number of hydrogen-bond donors (Lipinski definition) is 1. The molecule has 1 aliphatic heterocycles. The monoisotopic (exact) mass is 492 g/mol. The molecule has 1 saturated heterocycles. The molecule has 0 bridgehead atoms. The van der Waals surface area contributed by atoms with Gasteiger partial charge in [0.1, 0.15) is 18.4 Å². The second-order valence-electron chi connectivity index (χ2n) is 9.12. The number of carbonyl (C=O) groups is 3. The fraction of sp³-hybridized carbons (Fsp3) is 0.308. The fourth-order valence-corrected chi connectivity index (χ4v) is 5.23. The minimum atomic E-state index is -0.632. The second-order valence-corrected chi connectivity index (χ2v) is 9.52. The predicted molar refractivity (Wildman–Crippen MR) is 127 cm³/mol. The summed E-state index contributed by atoms with van der Waals surface area (Å²) in [6.45, 7) is 1.38. The maximum atomic E-state index is 14.2. The van der Waals surface area contributed by atoms with Crippen molar-refractivity contribution in [2.75, 3.05) is 0 Å². The van der Waals surface area contributed by atoms with Crippen LogP contribution >= 0.6 is 11.6 Å². The number of nitriles is 1. The Kier molecular flexibility index (Phi) is 5.81. The van der Waals surface area contributed by atoms with E-state index in [4.69, 9.17) is 11.6 Å². The van der Waals surface area contributed by atoms with E-state index in [0.717, 1.165) is 6.42 Å². The van der Waals surface area contributed by atoms with Crippen LogP contribution in [0, 0.1) is 23.1 Å². The van der Waals surface area contributed by atoms with Gasteiger partial charge in [-0.2, -0.15) is 5.26 Å². The van der Waals surface area contributed by atoms with Gasteiger partial charge in [0.15, 0.2) is 5.78 Å². The first kappa shape index (κ1) is 23.1. The topological polar surface area (TPSA) is 95.2 Å². The molecule has 1 N–H and O–H groups in total. The Hall–Kier alpha value is -3.70. The van der Waals surface area contributed by atoms with Crippen molar-refractivity contribution in [2.45, 2.75) is 44.9 Å². The van der Waals surface area contributed by atoms with Gasteiger partial charge < -0.3 is 14.8 Å². The van der Waals surface area contributed by atoms with Crippen molar-refractivity contribution < 1.29 is 18.8 Å². The van der Waals surface area contributed by atoms with Crippen molar-refractivity contribution >= 4 is 40.1 Å². The fourth-order valence-electron chi connectivity index (χ4n) is 5.04. The van der Waals surface area contributed by atoms with Crippen LogP contribution in [0.3, 0.4) is 0 Å². The second kappa shape index (κ2) is 8.82. The lowest BCUT2D eigenvalue weighted by Gasteiger charge is -2.27. The van der Waals surface area contributed by atoms with Crippen LogP contribution in [0.15, 0.2) is 42.6 Å². The summed E-state index contributed by atoms with van der Waals surface area (Å²) in [4.78, 5) is 40.2. The third-order valence-electron chi connectivity index (χ3n) is 6.87. The number of benzene rings is 2. The van der Waals surface area contributed by atoms with E-state index in [2.05, 4.69) is 11.4 Å². The van der Waals surface area contributed by atoms with Gasteiger partial charge in [0.05, 0.1) is 16.7 Å². The molecule has 3 atom stereocenters. The highest BCUT2D eigenvalue weighted by atomic mass is 35.5. The summed E-state index contributed by atoms with van der Waals surface area (Å²) in [7, 11) is 0. The average molecular weight is 493 g/mol. The number of amides is 2. The number of aromatic nitrogens is 1. The third kappa shape index (κ3) is 4.17. The van der Waals surface area contributed by atoms with E-state index in [9.17, 15) is 24.0 Å².